The number of ether oxygens (including phenoxy) is 2. The molecule has 2 aromatic heterocycles. The van der Waals surface area contributed by atoms with Gasteiger partial charge in [0.2, 0.25) is 5.88 Å². The summed E-state index contributed by atoms with van der Waals surface area (Å²) < 4.78 is 11.2. The van der Waals surface area contributed by atoms with Gasteiger partial charge in [-0.15, -0.1) is 0 Å². The van der Waals surface area contributed by atoms with Gasteiger partial charge in [0, 0.05) is 53.4 Å². The maximum absolute atomic E-state index is 12.6. The Morgan fingerprint density at radius 3 is 2.39 bits per heavy atom. The van der Waals surface area contributed by atoms with Crippen LogP contribution in [0.15, 0.2) is 48.7 Å². The van der Waals surface area contributed by atoms with E-state index in [1.54, 1.807) is 0 Å². The van der Waals surface area contributed by atoms with Gasteiger partial charge in [-0.2, -0.15) is 0 Å². The SMILES string of the molecule is CCOC(=O)Cc1c(C)nc(C)c(-c2ccc(OCc3ccccc3)nc2)c1N1CCC(C)(C)CC1. The molecular formula is C30H37N3O3. The second-order valence-electron chi connectivity index (χ2n) is 10.3. The minimum Gasteiger partial charge on any atom is -0.473 e. The Hall–Kier alpha value is -3.41. The summed E-state index contributed by atoms with van der Waals surface area (Å²) >= 11 is 0. The summed E-state index contributed by atoms with van der Waals surface area (Å²) in [6.45, 7) is 13.2. The molecular weight excluding hydrogens is 450 g/mol. The third-order valence-electron chi connectivity index (χ3n) is 6.97. The Morgan fingerprint density at radius 2 is 1.75 bits per heavy atom. The molecule has 0 spiro atoms. The van der Waals surface area contributed by atoms with E-state index in [2.05, 4.69) is 23.7 Å². The highest BCUT2D eigenvalue weighted by Gasteiger charge is 2.30. The zero-order chi connectivity index (χ0) is 25.7. The molecule has 4 rings (SSSR count). The number of nitrogens with zero attached hydrogens (tertiary/aromatic N) is 3. The summed E-state index contributed by atoms with van der Waals surface area (Å²) in [4.78, 5) is 24.5. The van der Waals surface area contributed by atoms with Gasteiger partial charge in [-0.05, 0) is 50.7 Å². The van der Waals surface area contributed by atoms with Crippen molar-refractivity contribution in [1.82, 2.24) is 9.97 Å². The van der Waals surface area contributed by atoms with Crippen molar-refractivity contribution in [2.75, 3.05) is 24.6 Å². The van der Waals surface area contributed by atoms with E-state index in [-0.39, 0.29) is 12.4 Å². The molecule has 3 heterocycles. The second-order valence-corrected chi connectivity index (χ2v) is 10.3. The lowest BCUT2D eigenvalue weighted by molar-refractivity contribution is -0.142. The third kappa shape index (κ3) is 6.04. The summed E-state index contributed by atoms with van der Waals surface area (Å²) in [5.74, 6) is 0.354. The highest BCUT2D eigenvalue weighted by Crippen LogP contribution is 2.41. The number of benzene rings is 1. The van der Waals surface area contributed by atoms with E-state index in [0.717, 1.165) is 65.3 Å². The van der Waals surface area contributed by atoms with Crippen LogP contribution in [-0.4, -0.2) is 35.6 Å². The van der Waals surface area contributed by atoms with Crippen molar-refractivity contribution < 1.29 is 14.3 Å². The highest BCUT2D eigenvalue weighted by atomic mass is 16.5. The Bertz CT molecular complexity index is 1180. The normalized spacial score (nSPS) is 15.0. The highest BCUT2D eigenvalue weighted by molar-refractivity contribution is 5.86. The monoisotopic (exact) mass is 487 g/mol. The average Bonchev–Trinajstić information content (AvgIpc) is 2.86. The van der Waals surface area contributed by atoms with Gasteiger partial charge >= 0.3 is 5.97 Å². The van der Waals surface area contributed by atoms with Gasteiger partial charge in [0.1, 0.15) is 6.61 Å². The number of hydrogen-bond acceptors (Lipinski definition) is 6. The van der Waals surface area contributed by atoms with E-state index in [4.69, 9.17) is 14.5 Å². The molecule has 0 unspecified atom stereocenters. The first-order valence-electron chi connectivity index (χ1n) is 12.8. The Balaban J connectivity index is 1.70. The first-order chi connectivity index (χ1) is 17.3. The fourth-order valence-corrected chi connectivity index (χ4v) is 4.81. The molecule has 3 aromatic rings. The molecule has 1 aliphatic heterocycles. The number of pyridine rings is 2. The average molecular weight is 488 g/mol. The van der Waals surface area contributed by atoms with Crippen molar-refractivity contribution in [1.29, 1.82) is 0 Å². The van der Waals surface area contributed by atoms with Crippen LogP contribution in [0.4, 0.5) is 5.69 Å². The molecule has 1 aromatic carbocycles. The fraction of sp³-hybridized carbons (Fsp3) is 0.433. The van der Waals surface area contributed by atoms with Crippen LogP contribution in [0.5, 0.6) is 5.88 Å². The first-order valence-corrected chi connectivity index (χ1v) is 12.8. The topological polar surface area (TPSA) is 64.5 Å². The molecule has 0 aliphatic carbocycles. The largest absolute Gasteiger partial charge is 0.473 e. The zero-order valence-corrected chi connectivity index (χ0v) is 22.1. The van der Waals surface area contributed by atoms with Crippen LogP contribution in [0.3, 0.4) is 0 Å². The summed E-state index contributed by atoms with van der Waals surface area (Å²) in [7, 11) is 0. The molecule has 190 valence electrons. The van der Waals surface area contributed by atoms with E-state index in [0.29, 0.717) is 24.5 Å². The number of carbonyl (C=O) groups excluding carboxylic acids is 1. The van der Waals surface area contributed by atoms with Crippen molar-refractivity contribution >= 4 is 11.7 Å². The Kier molecular flexibility index (Phi) is 7.92. The molecule has 0 radical (unpaired) electrons. The standard InChI is InChI=1S/C30H37N3O3/c1-6-35-27(34)18-25-21(2)32-22(3)28(29(25)33-16-14-30(4,5)15-17-33)24-12-13-26(31-19-24)36-20-23-10-8-7-9-11-23/h7-13,19H,6,14-18,20H2,1-5H3. The van der Waals surface area contributed by atoms with Gasteiger partial charge in [-0.3, -0.25) is 9.78 Å². The van der Waals surface area contributed by atoms with Gasteiger partial charge in [0.15, 0.2) is 0 Å². The summed E-state index contributed by atoms with van der Waals surface area (Å²) in [5.41, 5.74) is 7.25. The minimum atomic E-state index is -0.224. The lowest BCUT2D eigenvalue weighted by Gasteiger charge is -2.40. The number of rotatable bonds is 8. The molecule has 6 nitrogen and oxygen atoms in total. The van der Waals surface area contributed by atoms with E-state index in [1.165, 1.54) is 0 Å². The molecule has 0 amide bonds. The van der Waals surface area contributed by atoms with Crippen molar-refractivity contribution in [3.63, 3.8) is 0 Å². The van der Waals surface area contributed by atoms with E-state index < -0.39 is 0 Å². The smallest absolute Gasteiger partial charge is 0.310 e. The first kappa shape index (κ1) is 25.7. The van der Waals surface area contributed by atoms with Crippen LogP contribution in [0.2, 0.25) is 0 Å². The van der Waals surface area contributed by atoms with Crippen LogP contribution in [0.1, 0.15) is 56.1 Å². The van der Waals surface area contributed by atoms with Gasteiger partial charge in [0.25, 0.3) is 0 Å². The second kappa shape index (κ2) is 11.1. The molecule has 1 fully saturated rings. The zero-order valence-electron chi connectivity index (χ0n) is 22.1. The van der Waals surface area contributed by atoms with Gasteiger partial charge in [-0.1, -0.05) is 44.2 Å². The number of esters is 1. The predicted molar refractivity (Wildman–Crippen MR) is 143 cm³/mol. The molecule has 36 heavy (non-hydrogen) atoms. The summed E-state index contributed by atoms with van der Waals surface area (Å²) in [6, 6.07) is 14.0. The number of anilines is 1. The van der Waals surface area contributed by atoms with Crippen LogP contribution < -0.4 is 9.64 Å². The van der Waals surface area contributed by atoms with Crippen LogP contribution in [0.25, 0.3) is 11.1 Å². The lowest BCUT2D eigenvalue weighted by atomic mass is 9.82. The Labute approximate surface area is 214 Å². The maximum Gasteiger partial charge on any atom is 0.310 e. The fourth-order valence-electron chi connectivity index (χ4n) is 4.81. The molecule has 0 saturated carbocycles. The maximum atomic E-state index is 12.6. The number of hydrogen-bond donors (Lipinski definition) is 0. The van der Waals surface area contributed by atoms with Crippen molar-refractivity contribution in [3.05, 3.63) is 71.2 Å². The minimum absolute atomic E-state index is 0.209. The number of carbonyl (C=O) groups is 1. The molecule has 1 aliphatic rings. The number of piperidine rings is 1. The quantitative estimate of drug-likeness (QED) is 0.359. The van der Waals surface area contributed by atoms with Crippen LogP contribution in [-0.2, 0) is 22.6 Å². The molecule has 6 heteroatoms. The Morgan fingerprint density at radius 1 is 1.03 bits per heavy atom. The molecule has 0 atom stereocenters. The number of aromatic nitrogens is 2. The molecule has 0 bridgehead atoms. The van der Waals surface area contributed by atoms with Gasteiger partial charge in [0.05, 0.1) is 18.7 Å². The third-order valence-corrected chi connectivity index (χ3v) is 6.97. The van der Waals surface area contributed by atoms with Crippen molar-refractivity contribution in [3.8, 4) is 17.0 Å². The molecule has 1 saturated heterocycles. The summed E-state index contributed by atoms with van der Waals surface area (Å²) in [5, 5.41) is 0. The summed E-state index contributed by atoms with van der Waals surface area (Å²) in [6.07, 6.45) is 4.25. The van der Waals surface area contributed by atoms with Gasteiger partial charge in [-0.25, -0.2) is 4.98 Å². The van der Waals surface area contributed by atoms with Crippen LogP contribution >= 0.6 is 0 Å². The predicted octanol–water partition coefficient (Wildman–Crippen LogP) is 6.07. The molecule has 0 N–H and O–H groups in total. The van der Waals surface area contributed by atoms with Crippen LogP contribution in [0, 0.1) is 19.3 Å². The number of aryl methyl sites for hydroxylation is 2. The van der Waals surface area contributed by atoms with Crippen molar-refractivity contribution in [2.24, 2.45) is 5.41 Å². The van der Waals surface area contributed by atoms with Gasteiger partial charge < -0.3 is 14.4 Å². The van der Waals surface area contributed by atoms with E-state index in [1.807, 2.05) is 69.4 Å². The van der Waals surface area contributed by atoms with E-state index in [9.17, 15) is 4.79 Å². The van der Waals surface area contributed by atoms with Crippen molar-refractivity contribution in [2.45, 2.75) is 60.5 Å². The van der Waals surface area contributed by atoms with E-state index >= 15 is 0 Å². The lowest BCUT2D eigenvalue weighted by Crippen LogP contribution is -2.38.